The summed E-state index contributed by atoms with van der Waals surface area (Å²) >= 11 is 1.67. The zero-order chi connectivity index (χ0) is 13.0. The van der Waals surface area contributed by atoms with Crippen LogP contribution in [0.3, 0.4) is 0 Å². The van der Waals surface area contributed by atoms with E-state index in [0.29, 0.717) is 6.54 Å². The number of ether oxygens (including phenoxy) is 1. The molecular formula is C14H18N2OS. The summed E-state index contributed by atoms with van der Waals surface area (Å²) in [5.74, 6) is 0.943. The lowest BCUT2D eigenvalue weighted by atomic mass is 10.1. The van der Waals surface area contributed by atoms with Crippen LogP contribution in [0.5, 0.6) is 5.75 Å². The molecule has 0 aliphatic carbocycles. The van der Waals surface area contributed by atoms with Crippen molar-refractivity contribution in [3.8, 4) is 17.0 Å². The zero-order valence-corrected chi connectivity index (χ0v) is 11.6. The Kier molecular flexibility index (Phi) is 4.33. The third kappa shape index (κ3) is 2.71. The van der Waals surface area contributed by atoms with Gasteiger partial charge in [0.15, 0.2) is 0 Å². The van der Waals surface area contributed by atoms with Gasteiger partial charge >= 0.3 is 0 Å². The summed E-state index contributed by atoms with van der Waals surface area (Å²) in [4.78, 5) is 4.60. The van der Waals surface area contributed by atoms with E-state index in [0.717, 1.165) is 34.9 Å². The molecule has 0 amide bonds. The van der Waals surface area contributed by atoms with Crippen molar-refractivity contribution < 1.29 is 4.74 Å². The summed E-state index contributed by atoms with van der Waals surface area (Å²) < 4.78 is 5.34. The molecule has 2 N–H and O–H groups in total. The van der Waals surface area contributed by atoms with E-state index in [2.05, 4.69) is 29.4 Å². The minimum absolute atomic E-state index is 0.649. The quantitative estimate of drug-likeness (QED) is 0.901. The van der Waals surface area contributed by atoms with Gasteiger partial charge in [-0.2, -0.15) is 0 Å². The van der Waals surface area contributed by atoms with Gasteiger partial charge in [0.2, 0.25) is 0 Å². The minimum Gasteiger partial charge on any atom is -0.496 e. The van der Waals surface area contributed by atoms with E-state index in [9.17, 15) is 0 Å². The van der Waals surface area contributed by atoms with Crippen LogP contribution in [0.4, 0.5) is 0 Å². The lowest BCUT2D eigenvalue weighted by Crippen LogP contribution is -2.02. The van der Waals surface area contributed by atoms with Crippen LogP contribution in [0.15, 0.2) is 23.6 Å². The Balaban J connectivity index is 2.31. The Morgan fingerprint density at radius 2 is 2.22 bits per heavy atom. The Morgan fingerprint density at radius 3 is 2.89 bits per heavy atom. The zero-order valence-electron chi connectivity index (χ0n) is 10.8. The summed E-state index contributed by atoms with van der Waals surface area (Å²) in [5.41, 5.74) is 8.93. The van der Waals surface area contributed by atoms with Crippen LogP contribution in [-0.4, -0.2) is 18.6 Å². The van der Waals surface area contributed by atoms with Gasteiger partial charge in [-0.1, -0.05) is 6.92 Å². The Bertz CT molecular complexity index is 522. The van der Waals surface area contributed by atoms with E-state index in [1.54, 1.807) is 18.4 Å². The number of benzene rings is 1. The highest BCUT2D eigenvalue weighted by atomic mass is 32.1. The third-order valence-corrected chi connectivity index (χ3v) is 3.78. The van der Waals surface area contributed by atoms with Gasteiger partial charge in [0, 0.05) is 17.4 Å². The summed E-state index contributed by atoms with van der Waals surface area (Å²) in [6, 6.07) is 6.22. The molecule has 18 heavy (non-hydrogen) atoms. The van der Waals surface area contributed by atoms with E-state index in [1.165, 1.54) is 5.56 Å². The van der Waals surface area contributed by atoms with Crippen LogP contribution in [0.1, 0.15) is 17.5 Å². The largest absolute Gasteiger partial charge is 0.496 e. The molecule has 0 spiro atoms. The fourth-order valence-corrected chi connectivity index (χ4v) is 2.72. The standard InChI is InChI=1S/C14H18N2OS/c1-3-10-8-11(4-5-13(10)17-2)12-9-18-14(16-12)6-7-15/h4-5,8-9H,3,6-7,15H2,1-2H3. The second-order valence-corrected chi connectivity index (χ2v) is 4.99. The molecule has 0 aliphatic rings. The molecule has 1 aromatic heterocycles. The lowest BCUT2D eigenvalue weighted by Gasteiger charge is -2.07. The molecule has 1 aromatic carbocycles. The smallest absolute Gasteiger partial charge is 0.122 e. The highest BCUT2D eigenvalue weighted by Crippen LogP contribution is 2.28. The number of hydrogen-bond acceptors (Lipinski definition) is 4. The lowest BCUT2D eigenvalue weighted by molar-refractivity contribution is 0.410. The van der Waals surface area contributed by atoms with Crippen molar-refractivity contribution in [3.05, 3.63) is 34.2 Å². The molecule has 0 radical (unpaired) electrons. The summed E-state index contributed by atoms with van der Waals surface area (Å²) in [6.45, 7) is 2.78. The van der Waals surface area contributed by atoms with Crippen molar-refractivity contribution in [2.45, 2.75) is 19.8 Å². The first-order chi connectivity index (χ1) is 8.78. The van der Waals surface area contributed by atoms with Crippen molar-refractivity contribution in [1.29, 1.82) is 0 Å². The molecule has 3 nitrogen and oxygen atoms in total. The average molecular weight is 262 g/mol. The average Bonchev–Trinajstić information content (AvgIpc) is 2.87. The maximum absolute atomic E-state index is 5.54. The second kappa shape index (κ2) is 5.98. The van der Waals surface area contributed by atoms with Crippen molar-refractivity contribution in [1.82, 2.24) is 4.98 Å². The van der Waals surface area contributed by atoms with E-state index in [-0.39, 0.29) is 0 Å². The molecule has 2 rings (SSSR count). The molecule has 0 bridgehead atoms. The van der Waals surface area contributed by atoms with Crippen LogP contribution < -0.4 is 10.5 Å². The van der Waals surface area contributed by atoms with Gasteiger partial charge in [-0.05, 0) is 36.7 Å². The number of thiazole rings is 1. The summed E-state index contributed by atoms with van der Waals surface area (Å²) in [5, 5.41) is 3.19. The molecule has 0 saturated carbocycles. The van der Waals surface area contributed by atoms with Gasteiger partial charge < -0.3 is 10.5 Å². The molecule has 0 saturated heterocycles. The van der Waals surface area contributed by atoms with E-state index < -0.39 is 0 Å². The van der Waals surface area contributed by atoms with E-state index >= 15 is 0 Å². The topological polar surface area (TPSA) is 48.1 Å². The molecule has 2 aromatic rings. The number of aryl methyl sites for hydroxylation is 1. The van der Waals surface area contributed by atoms with Crippen LogP contribution in [-0.2, 0) is 12.8 Å². The summed E-state index contributed by atoms with van der Waals surface area (Å²) in [7, 11) is 1.70. The predicted molar refractivity (Wildman–Crippen MR) is 76.2 cm³/mol. The molecular weight excluding hydrogens is 244 g/mol. The van der Waals surface area contributed by atoms with Gasteiger partial charge in [0.1, 0.15) is 5.75 Å². The number of rotatable bonds is 5. The first kappa shape index (κ1) is 13.1. The van der Waals surface area contributed by atoms with Gasteiger partial charge in [-0.25, -0.2) is 4.98 Å². The van der Waals surface area contributed by atoms with Crippen molar-refractivity contribution in [2.75, 3.05) is 13.7 Å². The Morgan fingerprint density at radius 1 is 1.39 bits per heavy atom. The SMILES string of the molecule is CCc1cc(-c2csc(CCN)n2)ccc1OC. The molecule has 0 aliphatic heterocycles. The first-order valence-electron chi connectivity index (χ1n) is 6.10. The van der Waals surface area contributed by atoms with Gasteiger partial charge in [-0.3, -0.25) is 0 Å². The van der Waals surface area contributed by atoms with Crippen LogP contribution >= 0.6 is 11.3 Å². The maximum Gasteiger partial charge on any atom is 0.122 e. The van der Waals surface area contributed by atoms with Gasteiger partial charge in [-0.15, -0.1) is 11.3 Å². The fourth-order valence-electron chi connectivity index (χ4n) is 1.90. The van der Waals surface area contributed by atoms with Crippen molar-refractivity contribution in [3.63, 3.8) is 0 Å². The minimum atomic E-state index is 0.649. The normalized spacial score (nSPS) is 10.6. The van der Waals surface area contributed by atoms with Crippen LogP contribution in [0, 0.1) is 0 Å². The van der Waals surface area contributed by atoms with E-state index in [1.807, 2.05) is 6.07 Å². The van der Waals surface area contributed by atoms with E-state index in [4.69, 9.17) is 10.5 Å². The first-order valence-corrected chi connectivity index (χ1v) is 6.98. The van der Waals surface area contributed by atoms with Crippen molar-refractivity contribution in [2.24, 2.45) is 5.73 Å². The third-order valence-electron chi connectivity index (χ3n) is 2.87. The monoisotopic (exact) mass is 262 g/mol. The molecule has 96 valence electrons. The number of hydrogen-bond donors (Lipinski definition) is 1. The fraction of sp³-hybridized carbons (Fsp3) is 0.357. The molecule has 0 atom stereocenters. The molecule has 4 heteroatoms. The Labute approximate surface area is 112 Å². The second-order valence-electron chi connectivity index (χ2n) is 4.05. The Hall–Kier alpha value is -1.39. The summed E-state index contributed by atoms with van der Waals surface area (Å²) in [6.07, 6.45) is 1.80. The van der Waals surface area contributed by atoms with Gasteiger partial charge in [0.25, 0.3) is 0 Å². The van der Waals surface area contributed by atoms with Gasteiger partial charge in [0.05, 0.1) is 17.8 Å². The maximum atomic E-state index is 5.54. The molecule has 1 heterocycles. The predicted octanol–water partition coefficient (Wildman–Crippen LogP) is 2.88. The molecule has 0 unspecified atom stereocenters. The highest BCUT2D eigenvalue weighted by molar-refractivity contribution is 7.09. The van der Waals surface area contributed by atoms with Crippen LogP contribution in [0.2, 0.25) is 0 Å². The highest BCUT2D eigenvalue weighted by Gasteiger charge is 2.07. The number of nitrogens with zero attached hydrogens (tertiary/aromatic N) is 1. The molecule has 0 fully saturated rings. The number of nitrogens with two attached hydrogens (primary N) is 1. The van der Waals surface area contributed by atoms with Crippen molar-refractivity contribution >= 4 is 11.3 Å². The van der Waals surface area contributed by atoms with Crippen LogP contribution in [0.25, 0.3) is 11.3 Å². The number of methoxy groups -OCH3 is 1. The number of aromatic nitrogens is 1.